The fourth-order valence-electron chi connectivity index (χ4n) is 5.43. The Morgan fingerprint density at radius 1 is 0.778 bits per heavy atom. The number of nitrogens with two attached hydrogens (primary N) is 2. The average molecular weight is 487 g/mol. The first-order valence-electron chi connectivity index (χ1n) is 12.6. The van der Waals surface area contributed by atoms with Crippen LogP contribution in [0.3, 0.4) is 0 Å². The van der Waals surface area contributed by atoms with Crippen LogP contribution in [0.1, 0.15) is 54.2 Å². The van der Waals surface area contributed by atoms with E-state index in [1.807, 2.05) is 21.9 Å². The quantitative estimate of drug-likeness (QED) is 0.324. The van der Waals surface area contributed by atoms with E-state index in [2.05, 4.69) is 47.5 Å². The van der Waals surface area contributed by atoms with Crippen molar-refractivity contribution < 1.29 is 4.42 Å². The van der Waals surface area contributed by atoms with Gasteiger partial charge in [-0.05, 0) is 79.3 Å². The standard InChI is InChI=1S/C27H34N8O/c1-17-16-22(20-10-14-35(15-11-20)27(30)31)6-7-23(17)25-33-32-24(36-25)21-4-2-18(3-5-21)19-8-12-34(13-9-19)26(28)29/h2-7,16,19-20H,8-15H2,1H3,(H3,28,29)(H3,30,31). The minimum Gasteiger partial charge on any atom is -0.416 e. The molecule has 3 aromatic rings. The number of nitrogens with one attached hydrogen (secondary N) is 2. The number of guanidine groups is 2. The lowest BCUT2D eigenvalue weighted by molar-refractivity contribution is 0.309. The molecule has 9 heteroatoms. The summed E-state index contributed by atoms with van der Waals surface area (Å²) in [5.74, 6) is 2.32. The van der Waals surface area contributed by atoms with Crippen molar-refractivity contribution in [2.75, 3.05) is 26.2 Å². The molecule has 1 aromatic heterocycles. The molecule has 0 unspecified atom stereocenters. The van der Waals surface area contributed by atoms with Crippen molar-refractivity contribution >= 4 is 11.9 Å². The number of aryl methyl sites for hydroxylation is 1. The topological polar surface area (TPSA) is 145 Å². The van der Waals surface area contributed by atoms with Gasteiger partial charge in [0.25, 0.3) is 0 Å². The zero-order valence-electron chi connectivity index (χ0n) is 20.7. The van der Waals surface area contributed by atoms with E-state index in [0.717, 1.165) is 68.6 Å². The molecule has 2 aromatic carbocycles. The molecule has 2 saturated heterocycles. The first-order chi connectivity index (χ1) is 17.4. The predicted octanol–water partition coefficient (Wildman–Crippen LogP) is 3.86. The van der Waals surface area contributed by atoms with Crippen molar-refractivity contribution in [2.24, 2.45) is 11.5 Å². The highest BCUT2D eigenvalue weighted by Crippen LogP contribution is 2.33. The van der Waals surface area contributed by atoms with E-state index in [-0.39, 0.29) is 11.9 Å². The van der Waals surface area contributed by atoms with Crippen LogP contribution in [0, 0.1) is 17.7 Å². The molecule has 6 N–H and O–H groups in total. The van der Waals surface area contributed by atoms with Gasteiger partial charge in [-0.25, -0.2) is 0 Å². The van der Waals surface area contributed by atoms with E-state index in [9.17, 15) is 0 Å². The number of benzene rings is 2. The van der Waals surface area contributed by atoms with Crippen LogP contribution < -0.4 is 11.5 Å². The van der Waals surface area contributed by atoms with Crippen molar-refractivity contribution in [3.8, 4) is 22.9 Å². The second kappa shape index (κ2) is 10.0. The first kappa shape index (κ1) is 23.8. The summed E-state index contributed by atoms with van der Waals surface area (Å²) in [5.41, 5.74) is 16.8. The Morgan fingerprint density at radius 2 is 1.28 bits per heavy atom. The van der Waals surface area contributed by atoms with Crippen molar-refractivity contribution in [3.63, 3.8) is 0 Å². The molecule has 0 aliphatic carbocycles. The minimum atomic E-state index is 0.163. The van der Waals surface area contributed by atoms with Gasteiger partial charge >= 0.3 is 0 Å². The van der Waals surface area contributed by atoms with Gasteiger partial charge < -0.3 is 25.7 Å². The number of piperidine rings is 2. The Labute approximate surface area is 211 Å². The van der Waals surface area contributed by atoms with Crippen LogP contribution in [-0.4, -0.2) is 58.1 Å². The van der Waals surface area contributed by atoms with Gasteiger partial charge in [-0.2, -0.15) is 0 Å². The Hall–Kier alpha value is -3.88. The molecule has 0 saturated carbocycles. The Bertz CT molecular complexity index is 1230. The van der Waals surface area contributed by atoms with Gasteiger partial charge in [0.1, 0.15) is 0 Å². The maximum atomic E-state index is 7.63. The number of hydrogen-bond acceptors (Lipinski definition) is 5. The van der Waals surface area contributed by atoms with Gasteiger partial charge in [-0.3, -0.25) is 10.8 Å². The lowest BCUT2D eigenvalue weighted by Gasteiger charge is -2.32. The highest BCUT2D eigenvalue weighted by atomic mass is 16.4. The van der Waals surface area contributed by atoms with E-state index in [0.29, 0.717) is 23.6 Å². The Kier molecular flexibility index (Phi) is 6.63. The molecule has 2 aliphatic rings. The largest absolute Gasteiger partial charge is 0.416 e. The summed E-state index contributed by atoms with van der Waals surface area (Å²) in [7, 11) is 0. The SMILES string of the molecule is Cc1cc(C2CCN(C(=N)N)CC2)ccc1-c1nnc(-c2ccc(C3CCN(C(=N)N)CC3)cc2)o1. The number of hydrogen-bond donors (Lipinski definition) is 4. The molecule has 3 heterocycles. The monoisotopic (exact) mass is 486 g/mol. The highest BCUT2D eigenvalue weighted by molar-refractivity contribution is 5.75. The molecule has 188 valence electrons. The lowest BCUT2D eigenvalue weighted by Crippen LogP contribution is -2.41. The Balaban J connectivity index is 1.25. The van der Waals surface area contributed by atoms with Crippen LogP contribution in [0.25, 0.3) is 22.9 Å². The number of rotatable bonds is 4. The third-order valence-corrected chi connectivity index (χ3v) is 7.68. The second-order valence-electron chi connectivity index (χ2n) is 9.90. The molecule has 9 nitrogen and oxygen atoms in total. The maximum Gasteiger partial charge on any atom is 0.248 e. The van der Waals surface area contributed by atoms with Gasteiger partial charge in [0.2, 0.25) is 11.8 Å². The summed E-state index contributed by atoms with van der Waals surface area (Å²) in [4.78, 5) is 3.86. The first-order valence-corrected chi connectivity index (χ1v) is 12.6. The summed E-state index contributed by atoms with van der Waals surface area (Å²) in [6.07, 6.45) is 3.98. The van der Waals surface area contributed by atoms with Crippen LogP contribution in [0.15, 0.2) is 46.9 Å². The van der Waals surface area contributed by atoms with Gasteiger partial charge in [-0.1, -0.05) is 24.3 Å². The number of nitrogens with zero attached hydrogens (tertiary/aromatic N) is 4. The minimum absolute atomic E-state index is 0.163. The van der Waals surface area contributed by atoms with Gasteiger partial charge in [0, 0.05) is 37.3 Å². The zero-order valence-corrected chi connectivity index (χ0v) is 20.7. The van der Waals surface area contributed by atoms with Crippen LogP contribution in [0.2, 0.25) is 0 Å². The molecule has 0 spiro atoms. The molecule has 5 rings (SSSR count). The summed E-state index contributed by atoms with van der Waals surface area (Å²) >= 11 is 0. The van der Waals surface area contributed by atoms with Crippen molar-refractivity contribution in [2.45, 2.75) is 44.4 Å². The van der Waals surface area contributed by atoms with Crippen LogP contribution in [-0.2, 0) is 0 Å². The van der Waals surface area contributed by atoms with E-state index >= 15 is 0 Å². The van der Waals surface area contributed by atoms with E-state index in [4.69, 9.17) is 26.7 Å². The van der Waals surface area contributed by atoms with Crippen molar-refractivity contribution in [1.82, 2.24) is 20.0 Å². The zero-order chi connectivity index (χ0) is 25.2. The second-order valence-corrected chi connectivity index (χ2v) is 9.90. The van der Waals surface area contributed by atoms with Crippen LogP contribution in [0.5, 0.6) is 0 Å². The molecule has 2 fully saturated rings. The summed E-state index contributed by atoms with van der Waals surface area (Å²) in [6.45, 7) is 5.38. The molecule has 2 aliphatic heterocycles. The average Bonchev–Trinajstić information content (AvgIpc) is 3.39. The summed E-state index contributed by atoms with van der Waals surface area (Å²) < 4.78 is 6.08. The molecule has 0 bridgehead atoms. The third kappa shape index (κ3) is 4.91. The fraction of sp³-hybridized carbons (Fsp3) is 0.407. The van der Waals surface area contributed by atoms with Crippen molar-refractivity contribution in [1.29, 1.82) is 10.8 Å². The predicted molar refractivity (Wildman–Crippen MR) is 141 cm³/mol. The molecular formula is C27H34N8O. The smallest absolute Gasteiger partial charge is 0.248 e. The molecule has 0 amide bonds. The van der Waals surface area contributed by atoms with E-state index in [1.165, 1.54) is 11.1 Å². The summed E-state index contributed by atoms with van der Waals surface area (Å²) in [5, 5.41) is 23.9. The normalized spacial score (nSPS) is 17.4. The Morgan fingerprint density at radius 3 is 1.81 bits per heavy atom. The molecular weight excluding hydrogens is 452 g/mol. The highest BCUT2D eigenvalue weighted by Gasteiger charge is 2.23. The molecule has 0 atom stereocenters. The van der Waals surface area contributed by atoms with Crippen LogP contribution in [0.4, 0.5) is 0 Å². The third-order valence-electron chi connectivity index (χ3n) is 7.68. The lowest BCUT2D eigenvalue weighted by atomic mass is 9.88. The molecule has 36 heavy (non-hydrogen) atoms. The number of likely N-dealkylation sites (tertiary alicyclic amines) is 2. The van der Waals surface area contributed by atoms with Gasteiger partial charge in [-0.15, -0.1) is 10.2 Å². The van der Waals surface area contributed by atoms with E-state index < -0.39 is 0 Å². The molecule has 0 radical (unpaired) electrons. The fourth-order valence-corrected chi connectivity index (χ4v) is 5.43. The van der Waals surface area contributed by atoms with E-state index in [1.54, 1.807) is 0 Å². The summed E-state index contributed by atoms with van der Waals surface area (Å²) in [6, 6.07) is 14.8. The van der Waals surface area contributed by atoms with Gasteiger partial charge in [0.15, 0.2) is 11.9 Å². The van der Waals surface area contributed by atoms with Gasteiger partial charge in [0.05, 0.1) is 0 Å². The number of aromatic nitrogens is 2. The van der Waals surface area contributed by atoms with Crippen molar-refractivity contribution in [3.05, 3.63) is 59.2 Å². The maximum absolute atomic E-state index is 7.63. The van der Waals surface area contributed by atoms with Crippen LogP contribution >= 0.6 is 0 Å².